The predicted octanol–water partition coefficient (Wildman–Crippen LogP) is 3.49. The van der Waals surface area contributed by atoms with Crippen LogP contribution in [0.1, 0.15) is 12.5 Å². The zero-order valence-corrected chi connectivity index (χ0v) is 16.1. The largest absolute Gasteiger partial charge is 0.491 e. The summed E-state index contributed by atoms with van der Waals surface area (Å²) in [6.07, 6.45) is 1.33. The van der Waals surface area contributed by atoms with Gasteiger partial charge in [0.2, 0.25) is 0 Å². The molecule has 0 saturated carbocycles. The monoisotopic (exact) mass is 409 g/mol. The molecule has 27 heavy (non-hydrogen) atoms. The number of ether oxygens (including phenoxy) is 2. The van der Waals surface area contributed by atoms with Gasteiger partial charge in [-0.25, -0.2) is 5.43 Å². The summed E-state index contributed by atoms with van der Waals surface area (Å²) < 4.78 is 10.6. The van der Waals surface area contributed by atoms with Gasteiger partial charge >= 0.3 is 11.8 Å². The van der Waals surface area contributed by atoms with Crippen LogP contribution in [0.4, 0.5) is 5.69 Å². The Balaban J connectivity index is 2.03. The minimum absolute atomic E-state index is 0.318. The number of methoxy groups -OCH3 is 1. The second kappa shape index (κ2) is 9.80. The summed E-state index contributed by atoms with van der Waals surface area (Å²) in [7, 11) is 1.48. The molecule has 2 amide bonds. The molecule has 0 heterocycles. The summed E-state index contributed by atoms with van der Waals surface area (Å²) in [6, 6.07) is 9.79. The molecule has 0 saturated heterocycles. The molecule has 0 aliphatic heterocycles. The number of carbonyl (C=O) groups excluding carboxylic acids is 2. The molecule has 0 spiro atoms. The first-order chi connectivity index (χ1) is 13.0. The molecule has 0 bridgehead atoms. The van der Waals surface area contributed by atoms with Gasteiger partial charge in [-0.1, -0.05) is 35.3 Å². The van der Waals surface area contributed by atoms with Crippen LogP contribution in [0.5, 0.6) is 11.5 Å². The van der Waals surface area contributed by atoms with E-state index in [9.17, 15) is 9.59 Å². The Kier molecular flexibility index (Phi) is 7.45. The van der Waals surface area contributed by atoms with E-state index in [1.54, 1.807) is 36.4 Å². The predicted molar refractivity (Wildman–Crippen MR) is 105 cm³/mol. The van der Waals surface area contributed by atoms with Gasteiger partial charge in [-0.15, -0.1) is 0 Å². The van der Waals surface area contributed by atoms with Crippen LogP contribution >= 0.6 is 23.2 Å². The van der Waals surface area contributed by atoms with Gasteiger partial charge in [0.1, 0.15) is 0 Å². The first-order valence-corrected chi connectivity index (χ1v) is 8.61. The molecule has 0 radical (unpaired) electrons. The Labute approximate surface area is 166 Å². The Hall–Kier alpha value is -2.77. The van der Waals surface area contributed by atoms with E-state index in [2.05, 4.69) is 15.8 Å². The SMILES string of the molecule is CCOc1cc(/C=N\NC(=O)C(=O)Nc2ccccc2Cl)cc(Cl)c1OC. The highest BCUT2D eigenvalue weighted by Gasteiger charge is 2.14. The number of para-hydroxylation sites is 1. The van der Waals surface area contributed by atoms with Crippen LogP contribution in [0.3, 0.4) is 0 Å². The normalized spacial score (nSPS) is 10.5. The summed E-state index contributed by atoms with van der Waals surface area (Å²) >= 11 is 12.1. The van der Waals surface area contributed by atoms with Crippen molar-refractivity contribution in [3.63, 3.8) is 0 Å². The molecule has 0 aliphatic carbocycles. The number of hydrogen-bond acceptors (Lipinski definition) is 5. The minimum atomic E-state index is -0.948. The second-order valence-corrected chi connectivity index (χ2v) is 5.91. The van der Waals surface area contributed by atoms with Gasteiger partial charge in [0.25, 0.3) is 0 Å². The molecule has 0 unspecified atom stereocenters. The average molecular weight is 410 g/mol. The molecule has 0 atom stereocenters. The maximum atomic E-state index is 11.9. The number of amides is 2. The van der Waals surface area contributed by atoms with E-state index >= 15 is 0 Å². The molecule has 0 fully saturated rings. The quantitative estimate of drug-likeness (QED) is 0.434. The molecule has 9 heteroatoms. The molecule has 2 rings (SSSR count). The maximum absolute atomic E-state index is 11.9. The second-order valence-electron chi connectivity index (χ2n) is 5.10. The van der Waals surface area contributed by atoms with Crippen molar-refractivity contribution in [1.82, 2.24) is 5.43 Å². The summed E-state index contributed by atoms with van der Waals surface area (Å²) in [5.41, 5.74) is 3.01. The number of hydrogen-bond donors (Lipinski definition) is 2. The molecule has 2 aromatic carbocycles. The van der Waals surface area contributed by atoms with Gasteiger partial charge in [-0.3, -0.25) is 9.59 Å². The number of hydrazone groups is 1. The number of nitrogens with zero attached hydrogens (tertiary/aromatic N) is 1. The summed E-state index contributed by atoms with van der Waals surface area (Å²) in [6.45, 7) is 2.25. The number of anilines is 1. The first-order valence-electron chi connectivity index (χ1n) is 7.85. The van der Waals surface area contributed by atoms with E-state index in [4.69, 9.17) is 32.7 Å². The summed E-state index contributed by atoms with van der Waals surface area (Å²) in [5, 5.41) is 6.79. The molecular formula is C18H17Cl2N3O4. The van der Waals surface area contributed by atoms with Gasteiger partial charge in [0.15, 0.2) is 11.5 Å². The third-order valence-corrected chi connectivity index (χ3v) is 3.85. The highest BCUT2D eigenvalue weighted by molar-refractivity contribution is 6.41. The van der Waals surface area contributed by atoms with E-state index in [0.29, 0.717) is 39.4 Å². The lowest BCUT2D eigenvalue weighted by Gasteiger charge is -2.11. The number of nitrogens with one attached hydrogen (secondary N) is 2. The Bertz CT molecular complexity index is 872. The minimum Gasteiger partial charge on any atom is -0.491 e. The lowest BCUT2D eigenvalue weighted by molar-refractivity contribution is -0.136. The molecule has 2 aromatic rings. The van der Waals surface area contributed by atoms with Crippen molar-refractivity contribution in [2.75, 3.05) is 19.0 Å². The van der Waals surface area contributed by atoms with Crippen molar-refractivity contribution in [1.29, 1.82) is 0 Å². The molecule has 0 aromatic heterocycles. The smallest absolute Gasteiger partial charge is 0.329 e. The van der Waals surface area contributed by atoms with Gasteiger partial charge in [-0.2, -0.15) is 5.10 Å². The lowest BCUT2D eigenvalue weighted by Crippen LogP contribution is -2.32. The fourth-order valence-electron chi connectivity index (χ4n) is 2.08. The van der Waals surface area contributed by atoms with Gasteiger partial charge < -0.3 is 14.8 Å². The van der Waals surface area contributed by atoms with Crippen molar-refractivity contribution < 1.29 is 19.1 Å². The highest BCUT2D eigenvalue weighted by atomic mass is 35.5. The van der Waals surface area contributed by atoms with Crippen molar-refractivity contribution in [2.45, 2.75) is 6.92 Å². The lowest BCUT2D eigenvalue weighted by atomic mass is 10.2. The van der Waals surface area contributed by atoms with Crippen LogP contribution in [-0.2, 0) is 9.59 Å². The fourth-order valence-corrected chi connectivity index (χ4v) is 2.56. The van der Waals surface area contributed by atoms with E-state index in [0.717, 1.165) is 0 Å². The zero-order valence-electron chi connectivity index (χ0n) is 14.6. The Morgan fingerprint density at radius 1 is 1.15 bits per heavy atom. The Morgan fingerprint density at radius 3 is 2.56 bits per heavy atom. The highest BCUT2D eigenvalue weighted by Crippen LogP contribution is 2.35. The van der Waals surface area contributed by atoms with Crippen LogP contribution < -0.4 is 20.2 Å². The van der Waals surface area contributed by atoms with Gasteiger partial charge in [-0.05, 0) is 36.8 Å². The fraction of sp³-hybridized carbons (Fsp3) is 0.167. The van der Waals surface area contributed by atoms with Crippen LogP contribution in [0.15, 0.2) is 41.5 Å². The van der Waals surface area contributed by atoms with Gasteiger partial charge in [0.05, 0.1) is 35.7 Å². The summed E-state index contributed by atoms with van der Waals surface area (Å²) in [4.78, 5) is 23.7. The topological polar surface area (TPSA) is 89.0 Å². The van der Waals surface area contributed by atoms with Crippen molar-refractivity contribution in [2.24, 2.45) is 5.10 Å². The van der Waals surface area contributed by atoms with E-state index in [-0.39, 0.29) is 0 Å². The average Bonchev–Trinajstić information content (AvgIpc) is 2.63. The van der Waals surface area contributed by atoms with Crippen LogP contribution in [0.25, 0.3) is 0 Å². The molecular weight excluding hydrogens is 393 g/mol. The van der Waals surface area contributed by atoms with Crippen LogP contribution in [0.2, 0.25) is 10.0 Å². The number of benzene rings is 2. The maximum Gasteiger partial charge on any atom is 0.329 e. The number of rotatable bonds is 6. The number of carbonyl (C=O) groups is 2. The summed E-state index contributed by atoms with van der Waals surface area (Å²) in [5.74, 6) is -1.01. The molecule has 7 nitrogen and oxygen atoms in total. The van der Waals surface area contributed by atoms with Crippen molar-refractivity contribution >= 4 is 46.9 Å². The van der Waals surface area contributed by atoms with Crippen molar-refractivity contribution in [3.8, 4) is 11.5 Å². The molecule has 2 N–H and O–H groups in total. The molecule has 142 valence electrons. The van der Waals surface area contributed by atoms with E-state index in [1.807, 2.05) is 6.92 Å². The third kappa shape index (κ3) is 5.60. The zero-order chi connectivity index (χ0) is 19.8. The van der Waals surface area contributed by atoms with Crippen LogP contribution in [0, 0.1) is 0 Å². The first kappa shape index (κ1) is 20.5. The van der Waals surface area contributed by atoms with E-state index in [1.165, 1.54) is 13.3 Å². The van der Waals surface area contributed by atoms with Crippen LogP contribution in [-0.4, -0.2) is 31.7 Å². The van der Waals surface area contributed by atoms with E-state index < -0.39 is 11.8 Å². The Morgan fingerprint density at radius 2 is 1.89 bits per heavy atom. The molecule has 0 aliphatic rings. The number of halogens is 2. The third-order valence-electron chi connectivity index (χ3n) is 3.24. The van der Waals surface area contributed by atoms with Gasteiger partial charge in [0, 0.05) is 0 Å². The van der Waals surface area contributed by atoms with Crippen molar-refractivity contribution in [3.05, 3.63) is 52.0 Å². The standard InChI is InChI=1S/C18H17Cl2N3O4/c1-3-27-15-9-11(8-13(20)16(15)26-2)10-21-23-18(25)17(24)22-14-7-5-4-6-12(14)19/h4-10H,3H2,1-2H3,(H,22,24)(H,23,25)/b21-10-.